The Kier molecular flexibility index (Phi) is 6.42. The van der Waals surface area contributed by atoms with E-state index < -0.39 is 15.9 Å². The zero-order valence-corrected chi connectivity index (χ0v) is 18.8. The minimum absolute atomic E-state index is 0.129. The summed E-state index contributed by atoms with van der Waals surface area (Å²) in [5.74, 6) is -0.416. The molecular formula is C26H23N3O3S. The maximum Gasteiger partial charge on any atom is 0.261 e. The Morgan fingerprint density at radius 1 is 0.667 bits per heavy atom. The lowest BCUT2D eigenvalue weighted by Crippen LogP contribution is -2.18. The number of rotatable bonds is 7. The molecule has 4 aromatic carbocycles. The SMILES string of the molecule is Cc1ccc(S(=O)(=O)Nc2ccccc2C(=O)Nc2ccc(Nc3ccccc3)cc2)cc1. The molecule has 0 aliphatic rings. The largest absolute Gasteiger partial charge is 0.356 e. The molecule has 4 rings (SSSR count). The summed E-state index contributed by atoms with van der Waals surface area (Å²) in [6.07, 6.45) is 0. The van der Waals surface area contributed by atoms with E-state index in [-0.39, 0.29) is 16.1 Å². The fourth-order valence-electron chi connectivity index (χ4n) is 3.21. The average Bonchev–Trinajstić information content (AvgIpc) is 2.81. The van der Waals surface area contributed by atoms with Gasteiger partial charge in [0, 0.05) is 17.1 Å². The predicted octanol–water partition coefficient (Wildman–Crippen LogP) is 5.79. The maximum atomic E-state index is 12.9. The predicted molar refractivity (Wildman–Crippen MR) is 133 cm³/mol. The van der Waals surface area contributed by atoms with Gasteiger partial charge in [-0.1, -0.05) is 48.0 Å². The van der Waals surface area contributed by atoms with Crippen LogP contribution in [0.1, 0.15) is 15.9 Å². The first-order chi connectivity index (χ1) is 15.9. The van der Waals surface area contributed by atoms with Crippen LogP contribution in [0.2, 0.25) is 0 Å². The van der Waals surface area contributed by atoms with E-state index in [0.29, 0.717) is 5.69 Å². The Balaban J connectivity index is 1.48. The van der Waals surface area contributed by atoms with Crippen LogP contribution in [0.25, 0.3) is 0 Å². The van der Waals surface area contributed by atoms with Crippen LogP contribution in [0, 0.1) is 6.92 Å². The molecule has 0 radical (unpaired) electrons. The zero-order valence-electron chi connectivity index (χ0n) is 17.9. The van der Waals surface area contributed by atoms with Gasteiger partial charge in [-0.2, -0.15) is 0 Å². The van der Waals surface area contributed by atoms with Gasteiger partial charge < -0.3 is 10.6 Å². The molecule has 0 atom stereocenters. The molecule has 0 aromatic heterocycles. The summed E-state index contributed by atoms with van der Waals surface area (Å²) in [4.78, 5) is 13.0. The normalized spacial score (nSPS) is 10.9. The monoisotopic (exact) mass is 457 g/mol. The Bertz CT molecular complexity index is 1350. The number of anilines is 4. The summed E-state index contributed by atoms with van der Waals surface area (Å²) in [5.41, 5.74) is 3.82. The second-order valence-electron chi connectivity index (χ2n) is 7.49. The lowest BCUT2D eigenvalue weighted by molar-refractivity contribution is 0.102. The van der Waals surface area contributed by atoms with Crippen molar-refractivity contribution in [2.45, 2.75) is 11.8 Å². The Morgan fingerprint density at radius 2 is 1.24 bits per heavy atom. The molecule has 0 saturated carbocycles. The molecule has 0 fully saturated rings. The van der Waals surface area contributed by atoms with Gasteiger partial charge in [-0.3, -0.25) is 9.52 Å². The molecule has 7 heteroatoms. The third-order valence-corrected chi connectivity index (χ3v) is 6.33. The van der Waals surface area contributed by atoms with Crippen LogP contribution in [-0.4, -0.2) is 14.3 Å². The number of benzene rings is 4. The Labute approximate surface area is 193 Å². The summed E-state index contributed by atoms with van der Waals surface area (Å²) in [7, 11) is -3.83. The molecule has 0 unspecified atom stereocenters. The minimum Gasteiger partial charge on any atom is -0.356 e. The van der Waals surface area contributed by atoms with Crippen molar-refractivity contribution in [2.75, 3.05) is 15.4 Å². The topological polar surface area (TPSA) is 87.3 Å². The molecule has 0 bridgehead atoms. The maximum absolute atomic E-state index is 12.9. The van der Waals surface area contributed by atoms with Gasteiger partial charge in [0.15, 0.2) is 0 Å². The van der Waals surface area contributed by atoms with E-state index in [1.54, 1.807) is 48.5 Å². The highest BCUT2D eigenvalue weighted by Crippen LogP contribution is 2.23. The van der Waals surface area contributed by atoms with E-state index in [1.165, 1.54) is 12.1 Å². The molecule has 0 spiro atoms. The van der Waals surface area contributed by atoms with Crippen molar-refractivity contribution in [2.24, 2.45) is 0 Å². The lowest BCUT2D eigenvalue weighted by Gasteiger charge is -2.13. The Morgan fingerprint density at radius 3 is 1.94 bits per heavy atom. The van der Waals surface area contributed by atoms with E-state index in [4.69, 9.17) is 0 Å². The molecule has 3 N–H and O–H groups in total. The fraction of sp³-hybridized carbons (Fsp3) is 0.0385. The number of nitrogens with one attached hydrogen (secondary N) is 3. The number of amides is 1. The number of hydrogen-bond donors (Lipinski definition) is 3. The van der Waals surface area contributed by atoms with Crippen LogP contribution in [0.4, 0.5) is 22.7 Å². The molecule has 0 aliphatic heterocycles. The van der Waals surface area contributed by atoms with E-state index in [1.807, 2.05) is 49.4 Å². The third kappa shape index (κ3) is 5.58. The van der Waals surface area contributed by atoms with E-state index in [9.17, 15) is 13.2 Å². The van der Waals surface area contributed by atoms with Crippen molar-refractivity contribution in [3.8, 4) is 0 Å². The quantitative estimate of drug-likeness (QED) is 0.328. The first-order valence-corrected chi connectivity index (χ1v) is 11.8. The van der Waals surface area contributed by atoms with Crippen molar-refractivity contribution in [1.82, 2.24) is 0 Å². The van der Waals surface area contributed by atoms with Crippen LogP contribution in [0.5, 0.6) is 0 Å². The van der Waals surface area contributed by atoms with Gasteiger partial charge in [0.05, 0.1) is 16.1 Å². The van der Waals surface area contributed by atoms with Crippen LogP contribution in [-0.2, 0) is 10.0 Å². The van der Waals surface area contributed by atoms with Gasteiger partial charge in [0.2, 0.25) is 0 Å². The first kappa shape index (κ1) is 22.1. The lowest BCUT2D eigenvalue weighted by atomic mass is 10.1. The molecule has 0 heterocycles. The molecule has 6 nitrogen and oxygen atoms in total. The van der Waals surface area contributed by atoms with Gasteiger partial charge >= 0.3 is 0 Å². The zero-order chi connectivity index (χ0) is 23.3. The smallest absolute Gasteiger partial charge is 0.261 e. The number of sulfonamides is 1. The second kappa shape index (κ2) is 9.58. The number of carbonyl (C=O) groups excluding carboxylic acids is 1. The summed E-state index contributed by atoms with van der Waals surface area (Å²) in [5, 5.41) is 6.10. The van der Waals surface area contributed by atoms with Gasteiger partial charge in [-0.15, -0.1) is 0 Å². The molecule has 0 saturated heterocycles. The van der Waals surface area contributed by atoms with Crippen LogP contribution < -0.4 is 15.4 Å². The van der Waals surface area contributed by atoms with Crippen molar-refractivity contribution < 1.29 is 13.2 Å². The summed E-state index contributed by atoms with van der Waals surface area (Å²) >= 11 is 0. The van der Waals surface area contributed by atoms with E-state index >= 15 is 0 Å². The molecule has 1 amide bonds. The molecule has 33 heavy (non-hydrogen) atoms. The van der Waals surface area contributed by atoms with Gasteiger partial charge in [-0.05, 0) is 67.6 Å². The summed E-state index contributed by atoms with van der Waals surface area (Å²) < 4.78 is 28.1. The summed E-state index contributed by atoms with van der Waals surface area (Å²) in [6.45, 7) is 1.88. The van der Waals surface area contributed by atoms with Gasteiger partial charge in [0.25, 0.3) is 15.9 Å². The van der Waals surface area contributed by atoms with Crippen molar-refractivity contribution in [1.29, 1.82) is 0 Å². The number of para-hydroxylation sites is 2. The van der Waals surface area contributed by atoms with Gasteiger partial charge in [-0.25, -0.2) is 8.42 Å². The van der Waals surface area contributed by atoms with Crippen molar-refractivity contribution in [3.05, 3.63) is 114 Å². The standard InChI is InChI=1S/C26H23N3O3S/c1-19-11-17-23(18-12-19)33(31,32)29-25-10-6-5-9-24(25)26(30)28-22-15-13-21(14-16-22)27-20-7-3-2-4-8-20/h2-18,27,29H,1H3,(H,28,30). The highest BCUT2D eigenvalue weighted by atomic mass is 32.2. The number of hydrogen-bond acceptors (Lipinski definition) is 4. The second-order valence-corrected chi connectivity index (χ2v) is 9.17. The summed E-state index contributed by atoms with van der Waals surface area (Å²) in [6, 6.07) is 30.1. The molecule has 166 valence electrons. The van der Waals surface area contributed by atoms with E-state index in [2.05, 4.69) is 15.4 Å². The number of carbonyl (C=O) groups is 1. The highest BCUT2D eigenvalue weighted by molar-refractivity contribution is 7.92. The van der Waals surface area contributed by atoms with Crippen LogP contribution in [0.15, 0.2) is 108 Å². The van der Waals surface area contributed by atoms with Crippen LogP contribution in [0.3, 0.4) is 0 Å². The highest BCUT2D eigenvalue weighted by Gasteiger charge is 2.18. The average molecular weight is 458 g/mol. The van der Waals surface area contributed by atoms with Crippen molar-refractivity contribution >= 4 is 38.7 Å². The van der Waals surface area contributed by atoms with E-state index in [0.717, 1.165) is 16.9 Å². The minimum atomic E-state index is -3.83. The van der Waals surface area contributed by atoms with Crippen LogP contribution >= 0.6 is 0 Å². The first-order valence-electron chi connectivity index (χ1n) is 10.3. The fourth-order valence-corrected chi connectivity index (χ4v) is 4.29. The number of aryl methyl sites for hydroxylation is 1. The molecular weight excluding hydrogens is 434 g/mol. The molecule has 4 aromatic rings. The third-order valence-electron chi connectivity index (χ3n) is 4.95. The van der Waals surface area contributed by atoms with Gasteiger partial charge in [0.1, 0.15) is 0 Å². The molecule has 0 aliphatic carbocycles. The van der Waals surface area contributed by atoms with Crippen molar-refractivity contribution in [3.63, 3.8) is 0 Å². The Hall–Kier alpha value is -4.10.